The van der Waals surface area contributed by atoms with Crippen molar-refractivity contribution < 1.29 is 0 Å². The highest BCUT2D eigenvalue weighted by Crippen LogP contribution is 2.63. The summed E-state index contributed by atoms with van der Waals surface area (Å²) in [6.45, 7) is 12.3. The van der Waals surface area contributed by atoms with Gasteiger partial charge in [-0.15, -0.1) is 6.58 Å². The first-order chi connectivity index (χ1) is 25.8. The molecule has 1 aliphatic heterocycles. The van der Waals surface area contributed by atoms with Gasteiger partial charge in [0.1, 0.15) is 6.07 Å². The Bertz CT molecular complexity index is 2390. The second-order valence-electron chi connectivity index (χ2n) is 13.9. The Kier molecular flexibility index (Phi) is 9.51. The maximum atomic E-state index is 9.48. The van der Waals surface area contributed by atoms with Crippen molar-refractivity contribution in [1.82, 2.24) is 10.3 Å². The molecule has 1 aromatic heterocycles. The van der Waals surface area contributed by atoms with E-state index in [9.17, 15) is 5.26 Å². The number of nitrogens with two attached hydrogens (primary N) is 1. The number of fused-ring (bicyclic) bond motifs is 7. The van der Waals surface area contributed by atoms with Crippen LogP contribution in [0.3, 0.4) is 0 Å². The Morgan fingerprint density at radius 1 is 1.00 bits per heavy atom. The summed E-state index contributed by atoms with van der Waals surface area (Å²) in [5.41, 5.74) is 21.5. The van der Waals surface area contributed by atoms with Crippen LogP contribution in [0, 0.1) is 28.6 Å². The topological polar surface area (TPSA) is 98.5 Å². The average molecular weight is 688 g/mol. The first kappa shape index (κ1) is 34.7. The van der Waals surface area contributed by atoms with Crippen molar-refractivity contribution >= 4 is 11.3 Å². The smallest absolute Gasteiger partial charge is 0.101 e. The maximum absolute atomic E-state index is 9.48. The van der Waals surface area contributed by atoms with Gasteiger partial charge in [-0.2, -0.15) is 10.5 Å². The normalized spacial score (nSPS) is 17.4. The van der Waals surface area contributed by atoms with Crippen LogP contribution in [0.1, 0.15) is 71.7 Å². The van der Waals surface area contributed by atoms with Gasteiger partial charge in [0.25, 0.3) is 0 Å². The average Bonchev–Trinajstić information content (AvgIpc) is 3.63. The van der Waals surface area contributed by atoms with Gasteiger partial charge in [0.2, 0.25) is 0 Å². The van der Waals surface area contributed by atoms with Crippen LogP contribution in [0.4, 0.5) is 0 Å². The molecule has 0 saturated heterocycles. The Balaban J connectivity index is 1.27. The number of benzene rings is 3. The lowest BCUT2D eigenvalue weighted by Crippen LogP contribution is -2.29. The van der Waals surface area contributed by atoms with E-state index in [1.165, 1.54) is 44.5 Å². The lowest BCUT2D eigenvalue weighted by Gasteiger charge is -2.34. The molecule has 0 radical (unpaired) electrons. The third-order valence-electron chi connectivity index (χ3n) is 10.7. The summed E-state index contributed by atoms with van der Waals surface area (Å²) >= 11 is 0. The van der Waals surface area contributed by atoms with Crippen LogP contribution in [-0.4, -0.2) is 4.98 Å². The van der Waals surface area contributed by atoms with Crippen molar-refractivity contribution in [3.05, 3.63) is 208 Å². The van der Waals surface area contributed by atoms with Gasteiger partial charge in [-0.3, -0.25) is 4.98 Å². The van der Waals surface area contributed by atoms with Gasteiger partial charge in [-0.05, 0) is 124 Å². The van der Waals surface area contributed by atoms with Crippen molar-refractivity contribution in [3.63, 3.8) is 0 Å². The largest absolute Gasteiger partial charge is 0.398 e. The van der Waals surface area contributed by atoms with E-state index in [1.54, 1.807) is 19.2 Å². The quantitative estimate of drug-likeness (QED) is 0.0982. The summed E-state index contributed by atoms with van der Waals surface area (Å²) in [5, 5.41) is 22.3. The van der Waals surface area contributed by atoms with Gasteiger partial charge in [0.05, 0.1) is 23.1 Å². The predicted molar refractivity (Wildman–Crippen MR) is 216 cm³/mol. The summed E-state index contributed by atoms with van der Waals surface area (Å²) < 4.78 is 0. The van der Waals surface area contributed by atoms with Gasteiger partial charge in [0.15, 0.2) is 0 Å². The summed E-state index contributed by atoms with van der Waals surface area (Å²) in [5.74, 6) is 0.173. The van der Waals surface area contributed by atoms with E-state index in [-0.39, 0.29) is 12.0 Å². The zero-order valence-corrected chi connectivity index (χ0v) is 30.1. The number of pyridine rings is 1. The van der Waals surface area contributed by atoms with Crippen molar-refractivity contribution in [2.75, 3.05) is 0 Å². The number of rotatable bonds is 10. The van der Waals surface area contributed by atoms with Gasteiger partial charge >= 0.3 is 0 Å². The van der Waals surface area contributed by atoms with Gasteiger partial charge < -0.3 is 11.1 Å². The molecule has 7 rings (SSSR count). The van der Waals surface area contributed by atoms with E-state index in [4.69, 9.17) is 11.0 Å². The van der Waals surface area contributed by atoms with E-state index in [0.717, 1.165) is 29.7 Å². The fourth-order valence-corrected chi connectivity index (χ4v) is 8.14. The first-order valence-corrected chi connectivity index (χ1v) is 17.9. The van der Waals surface area contributed by atoms with Crippen molar-refractivity contribution in [1.29, 1.82) is 10.5 Å². The molecule has 53 heavy (non-hydrogen) atoms. The maximum Gasteiger partial charge on any atom is 0.101 e. The lowest BCUT2D eigenvalue weighted by molar-refractivity contribution is 0.601. The second-order valence-corrected chi connectivity index (χ2v) is 13.9. The van der Waals surface area contributed by atoms with Crippen molar-refractivity contribution in [3.8, 4) is 23.3 Å². The molecular weight excluding hydrogens is 647 g/mol. The summed E-state index contributed by atoms with van der Waals surface area (Å²) in [6, 6.07) is 30.7. The standard InChI is InChI=1S/C48H41N5/c1-5-34(13-6-11-18-45(51)32(3)23-31(2)27-49)25-43-33(4)38-22-21-36(46-19-12-20-47(53-46)37-24-35(28-50)29-52-30-37)26-44(38)48(43)41-16-9-7-14-39(41)40-15-8-10-17-42(40)48/h5-12,14-24,26,29-30,34,47,53H,1,3,13,25,51H2,2,4H3/b11-6-,31-23+,45-18-. The van der Waals surface area contributed by atoms with Gasteiger partial charge in [0, 0.05) is 29.4 Å². The second kappa shape index (κ2) is 14.5. The van der Waals surface area contributed by atoms with Crippen LogP contribution in [0.2, 0.25) is 0 Å². The molecule has 2 unspecified atom stereocenters. The first-order valence-electron chi connectivity index (χ1n) is 17.9. The number of allylic oxidation sites excluding steroid dienone is 10. The molecule has 3 aromatic carbocycles. The molecule has 0 saturated carbocycles. The summed E-state index contributed by atoms with van der Waals surface area (Å²) in [7, 11) is 0. The monoisotopic (exact) mass is 687 g/mol. The molecule has 2 aliphatic carbocycles. The Hall–Kier alpha value is -6.69. The number of aromatic nitrogens is 1. The van der Waals surface area contributed by atoms with Gasteiger partial charge in [-0.25, -0.2) is 0 Å². The molecule has 5 nitrogen and oxygen atoms in total. The summed E-state index contributed by atoms with van der Waals surface area (Å²) in [6.07, 6.45) is 21.1. The fourth-order valence-electron chi connectivity index (χ4n) is 8.14. The molecule has 1 spiro atoms. The van der Waals surface area contributed by atoms with E-state index >= 15 is 0 Å². The molecule has 2 heterocycles. The van der Waals surface area contributed by atoms with Crippen LogP contribution in [-0.2, 0) is 5.41 Å². The highest BCUT2D eigenvalue weighted by molar-refractivity contribution is 5.94. The molecule has 0 fully saturated rings. The number of dihydropyridines is 1. The molecular formula is C48H41N5. The van der Waals surface area contributed by atoms with Crippen molar-refractivity contribution in [2.45, 2.75) is 38.1 Å². The third-order valence-corrected chi connectivity index (χ3v) is 10.7. The molecule has 0 bridgehead atoms. The number of hydrogen-bond donors (Lipinski definition) is 2. The molecule has 5 heteroatoms. The molecule has 258 valence electrons. The zero-order chi connectivity index (χ0) is 37.1. The highest BCUT2D eigenvalue weighted by atomic mass is 14.9. The van der Waals surface area contributed by atoms with E-state index < -0.39 is 5.41 Å². The van der Waals surface area contributed by atoms with Crippen LogP contribution >= 0.6 is 0 Å². The van der Waals surface area contributed by atoms with Crippen LogP contribution < -0.4 is 11.1 Å². The predicted octanol–water partition coefficient (Wildman–Crippen LogP) is 10.3. The third kappa shape index (κ3) is 6.18. The minimum atomic E-state index is -0.462. The van der Waals surface area contributed by atoms with Crippen LogP contribution in [0.25, 0.3) is 22.4 Å². The minimum absolute atomic E-state index is 0.107. The molecule has 3 aliphatic rings. The number of nitriles is 2. The van der Waals surface area contributed by atoms with E-state index in [2.05, 4.69) is 140 Å². The molecule has 4 aromatic rings. The van der Waals surface area contributed by atoms with E-state index in [0.29, 0.717) is 22.4 Å². The lowest BCUT2D eigenvalue weighted by atomic mass is 9.67. The molecule has 2 atom stereocenters. The van der Waals surface area contributed by atoms with Crippen LogP contribution in [0.5, 0.6) is 0 Å². The molecule has 0 amide bonds. The number of nitrogens with zero attached hydrogens (tertiary/aromatic N) is 3. The van der Waals surface area contributed by atoms with E-state index in [1.807, 2.05) is 24.4 Å². The zero-order valence-electron chi connectivity index (χ0n) is 30.1. The Morgan fingerprint density at radius 2 is 1.74 bits per heavy atom. The fraction of sp³-hybridized carbons (Fsp3) is 0.146. The summed E-state index contributed by atoms with van der Waals surface area (Å²) in [4.78, 5) is 4.31. The number of hydrogen-bond acceptors (Lipinski definition) is 5. The number of nitrogens with one attached hydrogen (secondary N) is 1. The Labute approximate surface area is 312 Å². The van der Waals surface area contributed by atoms with Gasteiger partial charge in [-0.1, -0.05) is 97.6 Å². The minimum Gasteiger partial charge on any atom is -0.398 e. The van der Waals surface area contributed by atoms with Crippen LogP contribution in [0.15, 0.2) is 169 Å². The molecule has 3 N–H and O–H groups in total. The Morgan fingerprint density at radius 3 is 2.43 bits per heavy atom. The SMILES string of the molecule is C=CC(C/C=C\C=C(/N)C(=C)/C=C(\C)C#N)CC1=C(C)c2ccc(C3=CC=CC(c4cncc(C#N)c4)N3)cc2C12c1ccccc1-c1ccccc12. The highest BCUT2D eigenvalue weighted by Gasteiger charge is 2.52. The van der Waals surface area contributed by atoms with Crippen molar-refractivity contribution in [2.24, 2.45) is 11.7 Å².